The van der Waals surface area contributed by atoms with E-state index in [0.29, 0.717) is 33.0 Å². The van der Waals surface area contributed by atoms with Crippen LogP contribution in [0.1, 0.15) is 21.5 Å². The second-order valence-electron chi connectivity index (χ2n) is 6.93. The topological polar surface area (TPSA) is 59.3 Å². The first-order valence-electron chi connectivity index (χ1n) is 9.14. The highest BCUT2D eigenvalue weighted by Gasteiger charge is 2.13. The summed E-state index contributed by atoms with van der Waals surface area (Å²) in [5.74, 6) is -0.220. The highest BCUT2D eigenvalue weighted by Crippen LogP contribution is 2.30. The van der Waals surface area contributed by atoms with Gasteiger partial charge in [-0.2, -0.15) is 0 Å². The van der Waals surface area contributed by atoms with Gasteiger partial charge >= 0.3 is 5.63 Å². The molecule has 0 spiro atoms. The van der Waals surface area contributed by atoms with Crippen LogP contribution >= 0.6 is 11.6 Å². The van der Waals surface area contributed by atoms with Crippen LogP contribution in [0.15, 0.2) is 75.9 Å². The maximum atomic E-state index is 12.5. The predicted octanol–water partition coefficient (Wildman–Crippen LogP) is 5.98. The molecule has 29 heavy (non-hydrogen) atoms. The average molecular weight is 404 g/mol. The van der Waals surface area contributed by atoms with E-state index in [-0.39, 0.29) is 5.91 Å². The van der Waals surface area contributed by atoms with E-state index in [1.165, 1.54) is 0 Å². The van der Waals surface area contributed by atoms with E-state index in [0.717, 1.165) is 16.5 Å². The van der Waals surface area contributed by atoms with Gasteiger partial charge in [0.05, 0.1) is 10.6 Å². The number of carbonyl (C=O) groups is 1. The summed E-state index contributed by atoms with van der Waals surface area (Å²) in [5.41, 5.74) is 4.29. The highest BCUT2D eigenvalue weighted by molar-refractivity contribution is 6.33. The van der Waals surface area contributed by atoms with Gasteiger partial charge < -0.3 is 9.73 Å². The number of aryl methyl sites for hydroxylation is 2. The third-order valence-corrected chi connectivity index (χ3v) is 5.24. The normalized spacial score (nSPS) is 10.9. The fraction of sp³-hybridized carbons (Fsp3) is 0.0833. The molecule has 0 unspecified atom stereocenters. The van der Waals surface area contributed by atoms with E-state index < -0.39 is 5.63 Å². The number of para-hydroxylation sites is 1. The van der Waals surface area contributed by atoms with E-state index in [2.05, 4.69) is 5.32 Å². The summed E-state index contributed by atoms with van der Waals surface area (Å²) >= 11 is 6.43. The van der Waals surface area contributed by atoms with Gasteiger partial charge in [-0.15, -0.1) is 0 Å². The Balaban J connectivity index is 1.64. The lowest BCUT2D eigenvalue weighted by molar-refractivity contribution is 0.102. The maximum absolute atomic E-state index is 12.5. The first-order valence-corrected chi connectivity index (χ1v) is 9.51. The standard InChI is InChI=1S/C24H18ClNO3/c1-14-7-8-17(11-15(14)2)23(27)26-18-9-10-19(21(25)13-18)20-12-16-5-3-4-6-22(16)29-24(20)28/h3-13H,1-2H3,(H,26,27). The van der Waals surface area contributed by atoms with Crippen LogP contribution in [0, 0.1) is 13.8 Å². The van der Waals surface area contributed by atoms with Crippen LogP contribution in [0.2, 0.25) is 5.02 Å². The molecule has 4 rings (SSSR count). The van der Waals surface area contributed by atoms with Crippen LogP contribution in [0.25, 0.3) is 22.1 Å². The number of anilines is 1. The number of rotatable bonds is 3. The summed E-state index contributed by atoms with van der Waals surface area (Å²) in [6.45, 7) is 3.96. The smallest absolute Gasteiger partial charge is 0.344 e. The van der Waals surface area contributed by atoms with Gasteiger partial charge in [-0.05, 0) is 61.4 Å². The Morgan fingerprint density at radius 2 is 1.69 bits per heavy atom. The molecule has 0 aliphatic carbocycles. The summed E-state index contributed by atoms with van der Waals surface area (Å²) in [4.78, 5) is 24.9. The lowest BCUT2D eigenvalue weighted by Crippen LogP contribution is -2.12. The van der Waals surface area contributed by atoms with Crippen LogP contribution in [-0.2, 0) is 0 Å². The second-order valence-corrected chi connectivity index (χ2v) is 7.34. The van der Waals surface area contributed by atoms with Crippen molar-refractivity contribution in [2.24, 2.45) is 0 Å². The molecule has 0 bridgehead atoms. The maximum Gasteiger partial charge on any atom is 0.344 e. The van der Waals surface area contributed by atoms with Crippen molar-refractivity contribution in [3.8, 4) is 11.1 Å². The molecule has 1 amide bonds. The molecule has 0 aliphatic rings. The summed E-state index contributed by atoms with van der Waals surface area (Å²) in [5, 5.41) is 4.01. The fourth-order valence-corrected chi connectivity index (χ4v) is 3.43. The van der Waals surface area contributed by atoms with Gasteiger partial charge in [0, 0.05) is 22.2 Å². The SMILES string of the molecule is Cc1ccc(C(=O)Nc2ccc(-c3cc4ccccc4oc3=O)c(Cl)c2)cc1C. The number of hydrogen-bond donors (Lipinski definition) is 1. The quantitative estimate of drug-likeness (QED) is 0.428. The van der Waals surface area contributed by atoms with E-state index >= 15 is 0 Å². The van der Waals surface area contributed by atoms with E-state index in [1.807, 2.05) is 44.2 Å². The number of nitrogens with one attached hydrogen (secondary N) is 1. The van der Waals surface area contributed by atoms with Crippen molar-refractivity contribution in [3.63, 3.8) is 0 Å². The monoisotopic (exact) mass is 403 g/mol. The van der Waals surface area contributed by atoms with Crippen molar-refractivity contribution < 1.29 is 9.21 Å². The molecule has 3 aromatic carbocycles. The zero-order valence-corrected chi connectivity index (χ0v) is 16.7. The molecule has 0 aliphatic heterocycles. The van der Waals surface area contributed by atoms with Crippen molar-refractivity contribution in [1.82, 2.24) is 0 Å². The van der Waals surface area contributed by atoms with E-state index in [4.69, 9.17) is 16.0 Å². The number of halogens is 1. The Morgan fingerprint density at radius 1 is 0.897 bits per heavy atom. The minimum atomic E-state index is -0.461. The molecule has 0 radical (unpaired) electrons. The second kappa shape index (κ2) is 7.57. The Labute approximate surface area is 172 Å². The molecule has 0 saturated carbocycles. The van der Waals surface area contributed by atoms with Crippen molar-refractivity contribution in [2.45, 2.75) is 13.8 Å². The molecule has 0 atom stereocenters. The van der Waals surface area contributed by atoms with Gasteiger partial charge in [0.2, 0.25) is 0 Å². The Bertz CT molecular complexity index is 1310. The van der Waals surface area contributed by atoms with Gasteiger partial charge in [-0.3, -0.25) is 4.79 Å². The predicted molar refractivity (Wildman–Crippen MR) is 117 cm³/mol. The molecule has 0 fully saturated rings. The van der Waals surface area contributed by atoms with Gasteiger partial charge in [-0.1, -0.05) is 41.9 Å². The molecule has 1 N–H and O–H groups in total. The van der Waals surface area contributed by atoms with Crippen molar-refractivity contribution in [1.29, 1.82) is 0 Å². The summed E-state index contributed by atoms with van der Waals surface area (Å²) < 4.78 is 5.39. The number of hydrogen-bond acceptors (Lipinski definition) is 3. The highest BCUT2D eigenvalue weighted by atomic mass is 35.5. The largest absolute Gasteiger partial charge is 0.422 e. The minimum absolute atomic E-state index is 0.220. The van der Waals surface area contributed by atoms with Crippen LogP contribution < -0.4 is 10.9 Å². The van der Waals surface area contributed by atoms with Gasteiger partial charge in [0.1, 0.15) is 5.58 Å². The van der Waals surface area contributed by atoms with Gasteiger partial charge in [-0.25, -0.2) is 4.79 Å². The Kier molecular flexibility index (Phi) is 4.95. The number of fused-ring (bicyclic) bond motifs is 1. The zero-order chi connectivity index (χ0) is 20.5. The zero-order valence-electron chi connectivity index (χ0n) is 16.0. The molecule has 4 aromatic rings. The first kappa shape index (κ1) is 19.0. The lowest BCUT2D eigenvalue weighted by atomic mass is 10.0. The Morgan fingerprint density at radius 3 is 2.45 bits per heavy atom. The van der Waals surface area contributed by atoms with Crippen LogP contribution in [0.5, 0.6) is 0 Å². The number of carbonyl (C=O) groups excluding carboxylic acids is 1. The molecule has 144 valence electrons. The molecule has 1 heterocycles. The lowest BCUT2D eigenvalue weighted by Gasteiger charge is -2.10. The number of amides is 1. The summed E-state index contributed by atoms with van der Waals surface area (Å²) in [6.07, 6.45) is 0. The van der Waals surface area contributed by atoms with E-state index in [9.17, 15) is 9.59 Å². The van der Waals surface area contributed by atoms with Crippen LogP contribution in [-0.4, -0.2) is 5.91 Å². The average Bonchev–Trinajstić information content (AvgIpc) is 2.70. The molecular weight excluding hydrogens is 386 g/mol. The van der Waals surface area contributed by atoms with Gasteiger partial charge in [0.15, 0.2) is 0 Å². The van der Waals surface area contributed by atoms with Crippen LogP contribution in [0.3, 0.4) is 0 Å². The molecule has 4 nitrogen and oxygen atoms in total. The summed E-state index contributed by atoms with van der Waals surface area (Å²) in [7, 11) is 0. The molecule has 1 aromatic heterocycles. The van der Waals surface area contributed by atoms with Crippen molar-refractivity contribution >= 4 is 34.2 Å². The van der Waals surface area contributed by atoms with Crippen LogP contribution in [0.4, 0.5) is 5.69 Å². The third-order valence-electron chi connectivity index (χ3n) is 4.93. The van der Waals surface area contributed by atoms with Gasteiger partial charge in [0.25, 0.3) is 5.91 Å². The molecular formula is C24H18ClNO3. The molecule has 0 saturated heterocycles. The minimum Gasteiger partial charge on any atom is -0.422 e. The Hall–Kier alpha value is -3.37. The molecule has 5 heteroatoms. The fourth-order valence-electron chi connectivity index (χ4n) is 3.15. The first-order chi connectivity index (χ1) is 13.9. The van der Waals surface area contributed by atoms with Crippen molar-refractivity contribution in [3.05, 3.63) is 98.9 Å². The van der Waals surface area contributed by atoms with E-state index in [1.54, 1.807) is 36.4 Å². The van der Waals surface area contributed by atoms with Crippen molar-refractivity contribution in [2.75, 3.05) is 5.32 Å². The summed E-state index contributed by atoms with van der Waals surface area (Å²) in [6, 6.07) is 19.7. The third kappa shape index (κ3) is 3.80. The number of benzene rings is 3.